The summed E-state index contributed by atoms with van der Waals surface area (Å²) < 4.78 is 0. The molecule has 1 amide bonds. The summed E-state index contributed by atoms with van der Waals surface area (Å²) in [5.41, 5.74) is 0. The molecule has 6 heteroatoms. The molecule has 2 aliphatic heterocycles. The maximum absolute atomic E-state index is 12.4. The minimum absolute atomic E-state index is 0.157. The van der Waals surface area contributed by atoms with Crippen LogP contribution in [-0.4, -0.2) is 55.1 Å². The number of carbonyl (C=O) groups excluding carboxylic acids is 1. The number of hydrogen-bond donors (Lipinski definition) is 1. The monoisotopic (exact) mass is 294 g/mol. The van der Waals surface area contributed by atoms with Gasteiger partial charge in [-0.1, -0.05) is 6.92 Å². The third-order valence-corrected chi connectivity index (χ3v) is 5.35. The molecule has 1 aromatic rings. The first kappa shape index (κ1) is 13.8. The number of carbonyl (C=O) groups is 1. The van der Waals surface area contributed by atoms with Crippen LogP contribution >= 0.6 is 11.3 Å². The normalized spacial score (nSPS) is 21.7. The van der Waals surface area contributed by atoms with E-state index in [1.807, 2.05) is 11.1 Å². The van der Waals surface area contributed by atoms with Crippen LogP contribution < -0.4 is 10.2 Å². The van der Waals surface area contributed by atoms with Gasteiger partial charge in [-0.15, -0.1) is 11.3 Å². The number of rotatable bonds is 3. The maximum Gasteiger partial charge on any atom is 0.225 e. The van der Waals surface area contributed by atoms with Crippen LogP contribution in [0.25, 0.3) is 0 Å². The lowest BCUT2D eigenvalue weighted by atomic mass is 9.88. The van der Waals surface area contributed by atoms with E-state index in [-0.39, 0.29) is 5.92 Å². The van der Waals surface area contributed by atoms with Crippen molar-refractivity contribution in [2.75, 3.05) is 44.2 Å². The predicted molar refractivity (Wildman–Crippen MR) is 81.2 cm³/mol. The summed E-state index contributed by atoms with van der Waals surface area (Å²) in [5, 5.41) is 4.33. The van der Waals surface area contributed by atoms with Crippen LogP contribution in [0.5, 0.6) is 0 Å². The van der Waals surface area contributed by atoms with Gasteiger partial charge in [0.15, 0.2) is 5.13 Å². The van der Waals surface area contributed by atoms with Crippen molar-refractivity contribution in [2.45, 2.75) is 13.8 Å². The smallest absolute Gasteiger partial charge is 0.225 e. The lowest BCUT2D eigenvalue weighted by molar-refractivity contribution is -0.137. The van der Waals surface area contributed by atoms with Gasteiger partial charge < -0.3 is 15.1 Å². The van der Waals surface area contributed by atoms with E-state index >= 15 is 0 Å². The highest BCUT2D eigenvalue weighted by Gasteiger charge is 2.33. The van der Waals surface area contributed by atoms with E-state index in [0.717, 1.165) is 44.4 Å². The Morgan fingerprint density at radius 3 is 2.60 bits per heavy atom. The molecule has 0 spiro atoms. The molecule has 110 valence electrons. The largest absolute Gasteiger partial charge is 0.345 e. The third-order valence-electron chi connectivity index (χ3n) is 4.38. The number of hydrogen-bond acceptors (Lipinski definition) is 5. The molecule has 2 fully saturated rings. The number of nitrogens with zero attached hydrogens (tertiary/aromatic N) is 3. The Hall–Kier alpha value is -1.14. The van der Waals surface area contributed by atoms with Crippen molar-refractivity contribution in [2.24, 2.45) is 11.8 Å². The van der Waals surface area contributed by atoms with Crippen molar-refractivity contribution in [1.82, 2.24) is 15.2 Å². The maximum atomic E-state index is 12.4. The Morgan fingerprint density at radius 1 is 1.40 bits per heavy atom. The standard InChI is InChI=1S/C14H22N4OS/c1-10-7-16-14(20-10)18-5-3-17(4-6-18)13(19)11(2)12-8-15-9-12/h7,11-12,15H,3-6,8-9H2,1-2H3. The molecule has 1 aromatic heterocycles. The van der Waals surface area contributed by atoms with Gasteiger partial charge in [-0.2, -0.15) is 0 Å². The molecular weight excluding hydrogens is 272 g/mol. The highest BCUT2D eigenvalue weighted by molar-refractivity contribution is 7.15. The van der Waals surface area contributed by atoms with E-state index in [9.17, 15) is 4.79 Å². The molecule has 20 heavy (non-hydrogen) atoms. The fraction of sp³-hybridized carbons (Fsp3) is 0.714. The van der Waals surface area contributed by atoms with Crippen molar-refractivity contribution < 1.29 is 4.79 Å². The van der Waals surface area contributed by atoms with Crippen LogP contribution in [0.4, 0.5) is 5.13 Å². The second-order valence-electron chi connectivity index (χ2n) is 5.77. The number of anilines is 1. The van der Waals surface area contributed by atoms with Crippen molar-refractivity contribution in [3.63, 3.8) is 0 Å². The Kier molecular flexibility index (Phi) is 3.94. The molecule has 1 unspecified atom stereocenters. The number of amides is 1. The number of aryl methyl sites for hydroxylation is 1. The summed E-state index contributed by atoms with van der Waals surface area (Å²) in [5.74, 6) is 1.01. The SMILES string of the molecule is Cc1cnc(N2CCN(C(=O)C(C)C3CNC3)CC2)s1. The first-order valence-electron chi connectivity index (χ1n) is 7.32. The third kappa shape index (κ3) is 2.67. The van der Waals surface area contributed by atoms with E-state index in [0.29, 0.717) is 11.8 Å². The molecule has 0 saturated carbocycles. The van der Waals surface area contributed by atoms with Crippen molar-refractivity contribution >= 4 is 22.4 Å². The van der Waals surface area contributed by atoms with Crippen molar-refractivity contribution in [1.29, 1.82) is 0 Å². The molecule has 3 rings (SSSR count). The Bertz CT molecular complexity index is 477. The van der Waals surface area contributed by atoms with Gasteiger partial charge in [0.25, 0.3) is 0 Å². The summed E-state index contributed by atoms with van der Waals surface area (Å²) in [6, 6.07) is 0. The van der Waals surface area contributed by atoms with Crippen LogP contribution in [-0.2, 0) is 4.79 Å². The number of aromatic nitrogens is 1. The van der Waals surface area contributed by atoms with Crippen LogP contribution in [0.2, 0.25) is 0 Å². The highest BCUT2D eigenvalue weighted by Crippen LogP contribution is 2.24. The average molecular weight is 294 g/mol. The summed E-state index contributed by atoms with van der Waals surface area (Å²) in [4.78, 5) is 22.4. The lowest BCUT2D eigenvalue weighted by Gasteiger charge is -2.39. The first-order chi connectivity index (χ1) is 9.65. The Balaban J connectivity index is 1.54. The molecule has 0 radical (unpaired) electrons. The van der Waals surface area contributed by atoms with E-state index in [2.05, 4.69) is 29.0 Å². The molecule has 2 aliphatic rings. The molecule has 2 saturated heterocycles. The van der Waals surface area contributed by atoms with Crippen LogP contribution in [0.3, 0.4) is 0 Å². The zero-order valence-electron chi connectivity index (χ0n) is 12.1. The second-order valence-corrected chi connectivity index (χ2v) is 6.99. The average Bonchev–Trinajstić information content (AvgIpc) is 2.83. The topological polar surface area (TPSA) is 48.5 Å². The Morgan fingerprint density at radius 2 is 2.10 bits per heavy atom. The molecule has 0 bridgehead atoms. The molecular formula is C14H22N4OS. The molecule has 1 atom stereocenters. The quantitative estimate of drug-likeness (QED) is 0.902. The summed E-state index contributed by atoms with van der Waals surface area (Å²) in [6.45, 7) is 9.57. The number of nitrogens with one attached hydrogen (secondary N) is 1. The fourth-order valence-electron chi connectivity index (χ4n) is 2.76. The first-order valence-corrected chi connectivity index (χ1v) is 8.13. The van der Waals surface area contributed by atoms with Crippen molar-refractivity contribution in [3.05, 3.63) is 11.1 Å². The molecule has 1 N–H and O–H groups in total. The van der Waals surface area contributed by atoms with Crippen LogP contribution in [0.15, 0.2) is 6.20 Å². The van der Waals surface area contributed by atoms with Gasteiger partial charge in [0.2, 0.25) is 5.91 Å². The molecule has 3 heterocycles. The van der Waals surface area contributed by atoms with Gasteiger partial charge in [0, 0.05) is 43.2 Å². The summed E-state index contributed by atoms with van der Waals surface area (Å²) in [7, 11) is 0. The van der Waals surface area contributed by atoms with Crippen LogP contribution in [0.1, 0.15) is 11.8 Å². The highest BCUT2D eigenvalue weighted by atomic mass is 32.1. The zero-order valence-corrected chi connectivity index (χ0v) is 12.9. The second kappa shape index (κ2) is 5.69. The van der Waals surface area contributed by atoms with Crippen LogP contribution in [0, 0.1) is 18.8 Å². The van der Waals surface area contributed by atoms with E-state index in [1.54, 1.807) is 11.3 Å². The molecule has 0 aromatic carbocycles. The number of thiazole rings is 1. The van der Waals surface area contributed by atoms with E-state index in [1.165, 1.54) is 4.88 Å². The fourth-order valence-corrected chi connectivity index (χ4v) is 3.57. The van der Waals surface area contributed by atoms with Gasteiger partial charge in [-0.3, -0.25) is 4.79 Å². The molecule has 0 aliphatic carbocycles. The van der Waals surface area contributed by atoms with Gasteiger partial charge in [0.05, 0.1) is 0 Å². The zero-order chi connectivity index (χ0) is 14.1. The van der Waals surface area contributed by atoms with Gasteiger partial charge in [-0.25, -0.2) is 4.98 Å². The summed E-state index contributed by atoms with van der Waals surface area (Å²) >= 11 is 1.73. The summed E-state index contributed by atoms with van der Waals surface area (Å²) in [6.07, 6.45) is 1.92. The van der Waals surface area contributed by atoms with Gasteiger partial charge in [0.1, 0.15) is 0 Å². The van der Waals surface area contributed by atoms with E-state index in [4.69, 9.17) is 0 Å². The van der Waals surface area contributed by atoms with Crippen molar-refractivity contribution in [3.8, 4) is 0 Å². The lowest BCUT2D eigenvalue weighted by Crippen LogP contribution is -2.54. The molecule has 5 nitrogen and oxygen atoms in total. The number of piperazine rings is 1. The van der Waals surface area contributed by atoms with Gasteiger partial charge in [-0.05, 0) is 25.9 Å². The minimum Gasteiger partial charge on any atom is -0.345 e. The predicted octanol–water partition coefficient (Wildman–Crippen LogP) is 0.956. The minimum atomic E-state index is 0.157. The Labute approximate surface area is 124 Å². The van der Waals surface area contributed by atoms with Gasteiger partial charge >= 0.3 is 0 Å². The van der Waals surface area contributed by atoms with E-state index < -0.39 is 0 Å².